The Labute approximate surface area is 113 Å². The second kappa shape index (κ2) is 6.39. The van der Waals surface area contributed by atoms with Gasteiger partial charge in [0.1, 0.15) is 11.7 Å². The summed E-state index contributed by atoms with van der Waals surface area (Å²) < 4.78 is 6.01. The van der Waals surface area contributed by atoms with Gasteiger partial charge in [0.2, 0.25) is 5.91 Å². The van der Waals surface area contributed by atoms with Gasteiger partial charge in [-0.05, 0) is 25.1 Å². The van der Waals surface area contributed by atoms with E-state index in [1.165, 1.54) is 14.0 Å². The number of rotatable bonds is 5. The standard InChI is InChI=1S/C12H14BrNO4/c1-7(12(16)17)11(15)14-6-8-5-9(13)3-4-10(8)18-2/h3-5,7H,6H2,1-2H3,(H,14,15)(H,16,17). The lowest BCUT2D eigenvalue weighted by atomic mass is 10.1. The minimum absolute atomic E-state index is 0.221. The summed E-state index contributed by atoms with van der Waals surface area (Å²) >= 11 is 3.32. The Morgan fingerprint density at radius 3 is 2.72 bits per heavy atom. The monoisotopic (exact) mass is 315 g/mol. The number of hydrogen-bond acceptors (Lipinski definition) is 3. The van der Waals surface area contributed by atoms with Crippen LogP contribution in [0.4, 0.5) is 0 Å². The zero-order valence-corrected chi connectivity index (χ0v) is 11.7. The molecule has 1 aromatic rings. The molecule has 1 atom stereocenters. The minimum Gasteiger partial charge on any atom is -0.496 e. The summed E-state index contributed by atoms with van der Waals surface area (Å²) in [6.45, 7) is 1.56. The van der Waals surface area contributed by atoms with Crippen molar-refractivity contribution < 1.29 is 19.4 Å². The van der Waals surface area contributed by atoms with Crippen molar-refractivity contribution in [1.82, 2.24) is 5.32 Å². The van der Waals surface area contributed by atoms with E-state index in [4.69, 9.17) is 9.84 Å². The highest BCUT2D eigenvalue weighted by molar-refractivity contribution is 9.10. The number of benzene rings is 1. The number of amides is 1. The maximum Gasteiger partial charge on any atom is 0.315 e. The van der Waals surface area contributed by atoms with Gasteiger partial charge in [0.15, 0.2) is 0 Å². The lowest BCUT2D eigenvalue weighted by Gasteiger charge is -2.11. The minimum atomic E-state index is -1.14. The summed E-state index contributed by atoms with van der Waals surface area (Å²) in [7, 11) is 1.54. The summed E-state index contributed by atoms with van der Waals surface area (Å²) in [6, 6.07) is 5.40. The van der Waals surface area contributed by atoms with Crippen molar-refractivity contribution in [1.29, 1.82) is 0 Å². The van der Waals surface area contributed by atoms with Crippen LogP contribution in [0, 0.1) is 5.92 Å². The fourth-order valence-electron chi connectivity index (χ4n) is 1.33. The molecule has 0 saturated carbocycles. The Kier molecular flexibility index (Phi) is 5.15. The quantitative estimate of drug-likeness (QED) is 0.812. The third kappa shape index (κ3) is 3.73. The summed E-state index contributed by atoms with van der Waals surface area (Å²) in [5.74, 6) is -2.09. The molecule has 0 fully saturated rings. The molecule has 0 saturated heterocycles. The number of hydrogen-bond donors (Lipinski definition) is 2. The van der Waals surface area contributed by atoms with Gasteiger partial charge in [-0.15, -0.1) is 0 Å². The topological polar surface area (TPSA) is 75.6 Å². The molecule has 1 amide bonds. The summed E-state index contributed by atoms with van der Waals surface area (Å²) in [5.41, 5.74) is 0.776. The first-order valence-corrected chi connectivity index (χ1v) is 6.08. The molecule has 0 bridgehead atoms. The molecule has 1 unspecified atom stereocenters. The van der Waals surface area contributed by atoms with E-state index < -0.39 is 17.8 Å². The first-order chi connectivity index (χ1) is 8.45. The predicted octanol–water partition coefficient (Wildman–Crippen LogP) is 1.79. The second-order valence-electron chi connectivity index (χ2n) is 3.73. The maximum atomic E-state index is 11.5. The molecule has 1 rings (SSSR count). The van der Waals surface area contributed by atoms with Crippen molar-refractivity contribution in [2.45, 2.75) is 13.5 Å². The Bertz CT molecular complexity index is 461. The smallest absolute Gasteiger partial charge is 0.315 e. The van der Waals surface area contributed by atoms with Gasteiger partial charge >= 0.3 is 5.97 Å². The van der Waals surface area contributed by atoms with Crippen LogP contribution in [-0.2, 0) is 16.1 Å². The molecular weight excluding hydrogens is 302 g/mol. The van der Waals surface area contributed by atoms with E-state index in [2.05, 4.69) is 21.2 Å². The van der Waals surface area contributed by atoms with E-state index in [9.17, 15) is 9.59 Å². The zero-order chi connectivity index (χ0) is 13.7. The molecule has 0 heterocycles. The summed E-state index contributed by atoms with van der Waals surface area (Å²) in [4.78, 5) is 22.1. The molecule has 0 spiro atoms. The van der Waals surface area contributed by atoms with E-state index in [0.717, 1.165) is 10.0 Å². The van der Waals surface area contributed by atoms with Crippen LogP contribution in [0.15, 0.2) is 22.7 Å². The van der Waals surface area contributed by atoms with Crippen molar-refractivity contribution in [3.8, 4) is 5.75 Å². The van der Waals surface area contributed by atoms with Gasteiger partial charge < -0.3 is 15.2 Å². The number of methoxy groups -OCH3 is 1. The Balaban J connectivity index is 2.71. The van der Waals surface area contributed by atoms with E-state index in [-0.39, 0.29) is 6.54 Å². The average molecular weight is 316 g/mol. The Hall–Kier alpha value is -1.56. The lowest BCUT2D eigenvalue weighted by molar-refractivity contribution is -0.146. The predicted molar refractivity (Wildman–Crippen MR) is 69.3 cm³/mol. The number of halogens is 1. The zero-order valence-electron chi connectivity index (χ0n) is 10.1. The fourth-order valence-corrected chi connectivity index (χ4v) is 1.74. The Morgan fingerprint density at radius 2 is 2.17 bits per heavy atom. The molecule has 1 aromatic carbocycles. The van der Waals surface area contributed by atoms with Gasteiger partial charge in [-0.1, -0.05) is 15.9 Å². The number of carbonyl (C=O) groups excluding carboxylic acids is 1. The van der Waals surface area contributed by atoms with Crippen LogP contribution in [0.3, 0.4) is 0 Å². The second-order valence-corrected chi connectivity index (χ2v) is 4.65. The summed E-state index contributed by atoms with van der Waals surface area (Å²) in [5, 5.41) is 11.3. The van der Waals surface area contributed by atoms with Crippen LogP contribution in [0.1, 0.15) is 12.5 Å². The highest BCUT2D eigenvalue weighted by atomic mass is 79.9. The molecular formula is C12H14BrNO4. The fraction of sp³-hybridized carbons (Fsp3) is 0.333. The number of nitrogens with one attached hydrogen (secondary N) is 1. The maximum absolute atomic E-state index is 11.5. The molecule has 0 radical (unpaired) electrons. The first-order valence-electron chi connectivity index (χ1n) is 5.28. The molecule has 18 heavy (non-hydrogen) atoms. The Morgan fingerprint density at radius 1 is 1.50 bits per heavy atom. The average Bonchev–Trinajstić information content (AvgIpc) is 2.35. The third-order valence-electron chi connectivity index (χ3n) is 2.46. The SMILES string of the molecule is COc1ccc(Br)cc1CNC(=O)C(C)C(=O)O. The van der Waals surface area contributed by atoms with Gasteiger partial charge in [-0.25, -0.2) is 0 Å². The number of ether oxygens (including phenoxy) is 1. The van der Waals surface area contributed by atoms with Crippen LogP contribution in [0.2, 0.25) is 0 Å². The molecule has 0 aliphatic rings. The number of carbonyl (C=O) groups is 2. The normalized spacial score (nSPS) is 11.7. The van der Waals surface area contributed by atoms with Gasteiger partial charge in [-0.2, -0.15) is 0 Å². The van der Waals surface area contributed by atoms with E-state index >= 15 is 0 Å². The van der Waals surface area contributed by atoms with Crippen LogP contribution < -0.4 is 10.1 Å². The number of aliphatic carboxylic acids is 1. The third-order valence-corrected chi connectivity index (χ3v) is 2.95. The molecule has 6 heteroatoms. The van der Waals surface area contributed by atoms with Gasteiger partial charge in [0.25, 0.3) is 0 Å². The van der Waals surface area contributed by atoms with E-state index in [1.54, 1.807) is 6.07 Å². The first kappa shape index (κ1) is 14.5. The van der Waals surface area contributed by atoms with Gasteiger partial charge in [0.05, 0.1) is 7.11 Å². The lowest BCUT2D eigenvalue weighted by Crippen LogP contribution is -2.33. The number of carboxylic acid groups (broad SMARTS) is 1. The van der Waals surface area contributed by atoms with Crippen LogP contribution in [0.25, 0.3) is 0 Å². The molecule has 0 aliphatic heterocycles. The summed E-state index contributed by atoms with van der Waals surface area (Å²) in [6.07, 6.45) is 0. The van der Waals surface area contributed by atoms with Crippen LogP contribution >= 0.6 is 15.9 Å². The molecule has 98 valence electrons. The molecule has 0 aliphatic carbocycles. The largest absolute Gasteiger partial charge is 0.496 e. The number of carboxylic acids is 1. The highest BCUT2D eigenvalue weighted by Crippen LogP contribution is 2.22. The molecule has 0 aromatic heterocycles. The van der Waals surface area contributed by atoms with Crippen molar-refractivity contribution >= 4 is 27.8 Å². The van der Waals surface area contributed by atoms with Crippen molar-refractivity contribution in [2.24, 2.45) is 5.92 Å². The van der Waals surface area contributed by atoms with E-state index in [0.29, 0.717) is 5.75 Å². The van der Waals surface area contributed by atoms with Crippen LogP contribution in [-0.4, -0.2) is 24.1 Å². The molecule has 5 nitrogen and oxygen atoms in total. The van der Waals surface area contributed by atoms with Crippen LogP contribution in [0.5, 0.6) is 5.75 Å². The van der Waals surface area contributed by atoms with Gasteiger partial charge in [0, 0.05) is 16.6 Å². The highest BCUT2D eigenvalue weighted by Gasteiger charge is 2.20. The van der Waals surface area contributed by atoms with Crippen molar-refractivity contribution in [2.75, 3.05) is 7.11 Å². The molecule has 2 N–H and O–H groups in total. The van der Waals surface area contributed by atoms with Gasteiger partial charge in [-0.3, -0.25) is 9.59 Å². The van der Waals surface area contributed by atoms with Crippen molar-refractivity contribution in [3.63, 3.8) is 0 Å². The van der Waals surface area contributed by atoms with E-state index in [1.807, 2.05) is 12.1 Å². The van der Waals surface area contributed by atoms with Crippen molar-refractivity contribution in [3.05, 3.63) is 28.2 Å².